The van der Waals surface area contributed by atoms with Crippen LogP contribution in [0.4, 0.5) is 11.4 Å². The van der Waals surface area contributed by atoms with E-state index in [0.717, 1.165) is 16.8 Å². The number of H-pyrrole nitrogens is 1. The van der Waals surface area contributed by atoms with E-state index < -0.39 is 16.9 Å². The van der Waals surface area contributed by atoms with E-state index >= 15 is 0 Å². The van der Waals surface area contributed by atoms with Crippen LogP contribution >= 0.6 is 11.8 Å². The van der Waals surface area contributed by atoms with E-state index in [4.69, 9.17) is 0 Å². The van der Waals surface area contributed by atoms with Gasteiger partial charge in [0.05, 0.1) is 16.7 Å². The molecular weight excluding hydrogens is 456 g/mol. The summed E-state index contributed by atoms with van der Waals surface area (Å²) in [6.07, 6.45) is 0. The molecule has 1 heterocycles. The van der Waals surface area contributed by atoms with Gasteiger partial charge in [-0.05, 0) is 43.0 Å². The molecule has 3 rings (SSSR count). The number of anilines is 1. The third kappa shape index (κ3) is 6.41. The molecule has 1 atom stereocenters. The highest BCUT2D eigenvalue weighted by molar-refractivity contribution is 7.99. The first-order valence-electron chi connectivity index (χ1n) is 10.6. The number of carbonyl (C=O) groups excluding carboxylic acids is 2. The van der Waals surface area contributed by atoms with E-state index in [2.05, 4.69) is 25.8 Å². The summed E-state index contributed by atoms with van der Waals surface area (Å²) in [5, 5.41) is 24.1. The Kier molecular flexibility index (Phi) is 8.00. The first kappa shape index (κ1) is 24.9. The van der Waals surface area contributed by atoms with Crippen molar-refractivity contribution in [2.75, 3.05) is 11.1 Å². The van der Waals surface area contributed by atoms with Gasteiger partial charge in [0, 0.05) is 23.4 Å². The number of aromatic amines is 1. The van der Waals surface area contributed by atoms with E-state index in [9.17, 15) is 19.7 Å². The fourth-order valence-electron chi connectivity index (χ4n) is 3.18. The Hall–Kier alpha value is -3.73. The second-order valence-electron chi connectivity index (χ2n) is 8.16. The Morgan fingerprint density at radius 1 is 1.18 bits per heavy atom. The van der Waals surface area contributed by atoms with Gasteiger partial charge in [-0.15, -0.1) is 5.10 Å². The number of benzene rings is 2. The van der Waals surface area contributed by atoms with Gasteiger partial charge in [-0.25, -0.2) is 4.98 Å². The van der Waals surface area contributed by atoms with Gasteiger partial charge in [-0.1, -0.05) is 43.8 Å². The number of carbonyl (C=O) groups is 2. The quantitative estimate of drug-likeness (QED) is 0.236. The average Bonchev–Trinajstić information content (AvgIpc) is 3.26. The van der Waals surface area contributed by atoms with Gasteiger partial charge in [-0.2, -0.15) is 0 Å². The lowest BCUT2D eigenvalue weighted by Gasteiger charge is -2.19. The number of amides is 2. The van der Waals surface area contributed by atoms with Gasteiger partial charge in [0.1, 0.15) is 5.82 Å². The third-order valence-corrected chi connectivity index (χ3v) is 5.90. The molecule has 11 heteroatoms. The zero-order valence-electron chi connectivity index (χ0n) is 19.3. The smallest absolute Gasteiger partial charge is 0.270 e. The lowest BCUT2D eigenvalue weighted by atomic mass is 10.0. The number of thioether (sulfide) groups is 1. The molecule has 0 saturated heterocycles. The fraction of sp³-hybridized carbons (Fsp3) is 0.304. The minimum atomic E-state index is -0.549. The van der Waals surface area contributed by atoms with E-state index in [0.29, 0.717) is 11.0 Å². The third-order valence-electron chi connectivity index (χ3n) is 5.05. The maximum absolute atomic E-state index is 12.7. The molecule has 2 amide bonds. The lowest BCUT2D eigenvalue weighted by Crippen LogP contribution is -2.32. The van der Waals surface area contributed by atoms with Crippen molar-refractivity contribution in [3.63, 3.8) is 0 Å². The standard InChI is InChI=1S/C23H26N6O4S/c1-13(2)20(25-22(31)16-6-5-7-17(11-16)29(32)33)21-26-23(28-27-21)34-12-19(30)24-18-10-14(3)8-9-15(18)4/h5-11,13,20H,12H2,1-4H3,(H,24,30)(H,25,31)(H,26,27,28)/t20-/m1/s1. The highest BCUT2D eigenvalue weighted by atomic mass is 32.2. The highest BCUT2D eigenvalue weighted by Crippen LogP contribution is 2.23. The van der Waals surface area contributed by atoms with Crippen LogP contribution in [-0.2, 0) is 4.79 Å². The van der Waals surface area contributed by atoms with Gasteiger partial charge in [0.2, 0.25) is 11.1 Å². The SMILES string of the molecule is Cc1ccc(C)c(NC(=O)CSc2n[nH]c([C@H](NC(=O)c3cccc([N+](=O)[O-])c3)C(C)C)n2)c1. The first-order valence-corrected chi connectivity index (χ1v) is 11.6. The van der Waals surface area contributed by atoms with E-state index in [1.54, 1.807) is 0 Å². The highest BCUT2D eigenvalue weighted by Gasteiger charge is 2.24. The zero-order valence-corrected chi connectivity index (χ0v) is 20.1. The predicted molar refractivity (Wildman–Crippen MR) is 130 cm³/mol. The topological polar surface area (TPSA) is 143 Å². The summed E-state index contributed by atoms with van der Waals surface area (Å²) >= 11 is 1.18. The Bertz CT molecular complexity index is 1210. The van der Waals surface area contributed by atoms with Gasteiger partial charge in [-0.3, -0.25) is 24.8 Å². The van der Waals surface area contributed by atoms with Crippen LogP contribution in [0.25, 0.3) is 0 Å². The first-order chi connectivity index (χ1) is 16.1. The molecule has 1 aromatic heterocycles. The van der Waals surface area contributed by atoms with Crippen molar-refractivity contribution in [2.45, 2.75) is 38.9 Å². The number of aryl methyl sites for hydroxylation is 2. The van der Waals surface area contributed by atoms with E-state index in [1.165, 1.54) is 36.0 Å². The molecule has 0 unspecified atom stereocenters. The molecule has 0 saturated carbocycles. The second-order valence-corrected chi connectivity index (χ2v) is 9.10. The Labute approximate surface area is 201 Å². The second kappa shape index (κ2) is 10.9. The van der Waals surface area contributed by atoms with Crippen molar-refractivity contribution < 1.29 is 14.5 Å². The lowest BCUT2D eigenvalue weighted by molar-refractivity contribution is -0.384. The number of rotatable bonds is 9. The predicted octanol–water partition coefficient (Wildman–Crippen LogP) is 4.19. The van der Waals surface area contributed by atoms with E-state index in [1.807, 2.05) is 45.9 Å². The van der Waals surface area contributed by atoms with Crippen molar-refractivity contribution in [1.82, 2.24) is 20.5 Å². The molecule has 10 nitrogen and oxygen atoms in total. The van der Waals surface area contributed by atoms with Crippen LogP contribution in [0.5, 0.6) is 0 Å². The number of nitrogens with zero attached hydrogens (tertiary/aromatic N) is 3. The molecule has 0 aliphatic heterocycles. The van der Waals surface area contributed by atoms with Gasteiger partial charge in [0.15, 0.2) is 0 Å². The Balaban J connectivity index is 1.63. The summed E-state index contributed by atoms with van der Waals surface area (Å²) in [6.45, 7) is 7.70. The van der Waals surface area contributed by atoms with Gasteiger partial charge in [0.25, 0.3) is 11.6 Å². The van der Waals surface area contributed by atoms with E-state index in [-0.39, 0.29) is 28.8 Å². The molecular formula is C23H26N6O4S. The molecule has 0 aliphatic carbocycles. The van der Waals surface area contributed by atoms with Crippen molar-refractivity contribution in [2.24, 2.45) is 5.92 Å². The number of nitro groups is 1. The van der Waals surface area contributed by atoms with Crippen molar-refractivity contribution in [3.8, 4) is 0 Å². The normalized spacial score (nSPS) is 11.8. The summed E-state index contributed by atoms with van der Waals surface area (Å²) in [5.74, 6) is -0.116. The zero-order chi connectivity index (χ0) is 24.8. The minimum absolute atomic E-state index is 0.0407. The number of nitro benzene ring substituents is 1. The number of aromatic nitrogens is 3. The maximum atomic E-state index is 12.7. The molecule has 3 aromatic rings. The number of nitrogens with one attached hydrogen (secondary N) is 3. The van der Waals surface area contributed by atoms with Crippen LogP contribution in [0.2, 0.25) is 0 Å². The summed E-state index contributed by atoms with van der Waals surface area (Å²) in [6, 6.07) is 10.9. The molecule has 34 heavy (non-hydrogen) atoms. The molecule has 0 bridgehead atoms. The van der Waals surface area contributed by atoms with Crippen LogP contribution in [0, 0.1) is 29.9 Å². The molecule has 178 valence electrons. The summed E-state index contributed by atoms with van der Waals surface area (Å²) < 4.78 is 0. The average molecular weight is 483 g/mol. The molecule has 0 aliphatic rings. The number of hydrogen-bond acceptors (Lipinski definition) is 7. The van der Waals surface area contributed by atoms with Crippen LogP contribution in [-0.4, -0.2) is 37.7 Å². The Morgan fingerprint density at radius 3 is 2.65 bits per heavy atom. The van der Waals surface area contributed by atoms with Crippen LogP contribution in [0.15, 0.2) is 47.6 Å². The summed E-state index contributed by atoms with van der Waals surface area (Å²) in [5.41, 5.74) is 2.82. The molecule has 3 N–H and O–H groups in total. The number of hydrogen-bond donors (Lipinski definition) is 3. The molecule has 0 spiro atoms. The van der Waals surface area contributed by atoms with Gasteiger partial charge < -0.3 is 10.6 Å². The fourth-order valence-corrected chi connectivity index (χ4v) is 3.79. The van der Waals surface area contributed by atoms with Crippen LogP contribution in [0.1, 0.15) is 47.2 Å². The monoisotopic (exact) mass is 482 g/mol. The van der Waals surface area contributed by atoms with Crippen molar-refractivity contribution in [3.05, 3.63) is 75.1 Å². The van der Waals surface area contributed by atoms with Crippen molar-refractivity contribution >= 4 is 35.0 Å². The largest absolute Gasteiger partial charge is 0.342 e. The van der Waals surface area contributed by atoms with Crippen molar-refractivity contribution in [1.29, 1.82) is 0 Å². The summed E-state index contributed by atoms with van der Waals surface area (Å²) in [7, 11) is 0. The summed E-state index contributed by atoms with van der Waals surface area (Å²) in [4.78, 5) is 39.9. The molecule has 0 fully saturated rings. The van der Waals surface area contributed by atoms with Crippen LogP contribution < -0.4 is 10.6 Å². The molecule has 0 radical (unpaired) electrons. The maximum Gasteiger partial charge on any atom is 0.270 e. The van der Waals surface area contributed by atoms with Crippen LogP contribution in [0.3, 0.4) is 0 Å². The Morgan fingerprint density at radius 2 is 1.94 bits per heavy atom. The molecule has 2 aromatic carbocycles. The number of non-ortho nitro benzene ring substituents is 1. The van der Waals surface area contributed by atoms with Gasteiger partial charge >= 0.3 is 0 Å². The minimum Gasteiger partial charge on any atom is -0.342 e.